The van der Waals surface area contributed by atoms with Gasteiger partial charge < -0.3 is 0 Å². The largest absolute Gasteiger partial charge is 0.417 e. The first-order chi connectivity index (χ1) is 12.9. The van der Waals surface area contributed by atoms with E-state index in [1.165, 1.54) is 36.4 Å². The standard InChI is InChI=1S/C21H14F3NO2/c22-21(23,24)20(17-9-5-2-6-10-17)19(15-7-3-1-4-8-15)16-11-13-18(14-12-16)25(26)27/h1-14H/b20-19+. The molecule has 0 aromatic heterocycles. The summed E-state index contributed by atoms with van der Waals surface area (Å²) in [6.07, 6.45) is -4.62. The molecule has 3 aromatic rings. The molecule has 0 aliphatic carbocycles. The second-order valence-electron chi connectivity index (χ2n) is 5.78. The van der Waals surface area contributed by atoms with Gasteiger partial charge in [-0.15, -0.1) is 0 Å². The van der Waals surface area contributed by atoms with E-state index in [-0.39, 0.29) is 22.4 Å². The zero-order chi connectivity index (χ0) is 19.4. The van der Waals surface area contributed by atoms with Gasteiger partial charge in [0.2, 0.25) is 0 Å². The molecule has 3 nitrogen and oxygen atoms in total. The van der Waals surface area contributed by atoms with Crippen molar-refractivity contribution in [2.24, 2.45) is 0 Å². The Hall–Kier alpha value is -3.41. The molecule has 0 fully saturated rings. The van der Waals surface area contributed by atoms with Crippen molar-refractivity contribution in [2.45, 2.75) is 6.18 Å². The highest BCUT2D eigenvalue weighted by molar-refractivity contribution is 6.00. The number of rotatable bonds is 4. The average molecular weight is 369 g/mol. The van der Waals surface area contributed by atoms with Gasteiger partial charge in [0.1, 0.15) is 0 Å². The van der Waals surface area contributed by atoms with Crippen LogP contribution in [0.1, 0.15) is 16.7 Å². The van der Waals surface area contributed by atoms with E-state index in [9.17, 15) is 23.3 Å². The number of hydrogen-bond donors (Lipinski definition) is 0. The van der Waals surface area contributed by atoms with Crippen molar-refractivity contribution in [3.63, 3.8) is 0 Å². The van der Waals surface area contributed by atoms with E-state index >= 15 is 0 Å². The number of nitrogens with zero attached hydrogens (tertiary/aromatic N) is 1. The number of hydrogen-bond acceptors (Lipinski definition) is 2. The van der Waals surface area contributed by atoms with Gasteiger partial charge in [-0.25, -0.2) is 0 Å². The van der Waals surface area contributed by atoms with Crippen LogP contribution < -0.4 is 0 Å². The monoisotopic (exact) mass is 369 g/mol. The van der Waals surface area contributed by atoms with Gasteiger partial charge in [0.25, 0.3) is 5.69 Å². The quantitative estimate of drug-likeness (QED) is 0.316. The van der Waals surface area contributed by atoms with Gasteiger partial charge in [0.15, 0.2) is 0 Å². The number of alkyl halides is 3. The van der Waals surface area contributed by atoms with Crippen LogP contribution >= 0.6 is 0 Å². The molecule has 0 saturated carbocycles. The number of halogens is 3. The van der Waals surface area contributed by atoms with Crippen LogP contribution in [0.5, 0.6) is 0 Å². The summed E-state index contributed by atoms with van der Waals surface area (Å²) < 4.78 is 42.2. The fraction of sp³-hybridized carbons (Fsp3) is 0.0476. The van der Waals surface area contributed by atoms with Gasteiger partial charge in [0.05, 0.1) is 10.5 Å². The van der Waals surface area contributed by atoms with Crippen molar-refractivity contribution in [1.29, 1.82) is 0 Å². The minimum atomic E-state index is -4.62. The van der Waals surface area contributed by atoms with Crippen molar-refractivity contribution < 1.29 is 18.1 Å². The number of nitro benzene ring substituents is 1. The summed E-state index contributed by atoms with van der Waals surface area (Å²) in [5, 5.41) is 10.9. The lowest BCUT2D eigenvalue weighted by atomic mass is 9.89. The Morgan fingerprint density at radius 1 is 0.704 bits per heavy atom. The zero-order valence-corrected chi connectivity index (χ0v) is 14.0. The van der Waals surface area contributed by atoms with Crippen molar-refractivity contribution in [1.82, 2.24) is 0 Å². The van der Waals surface area contributed by atoms with Crippen molar-refractivity contribution in [3.05, 3.63) is 112 Å². The van der Waals surface area contributed by atoms with Gasteiger partial charge in [-0.3, -0.25) is 10.1 Å². The fourth-order valence-electron chi connectivity index (χ4n) is 2.86. The van der Waals surface area contributed by atoms with Crippen molar-refractivity contribution in [3.8, 4) is 0 Å². The maximum absolute atomic E-state index is 14.1. The summed E-state index contributed by atoms with van der Waals surface area (Å²) in [5.41, 5.74) is -0.334. The molecule has 0 amide bonds. The van der Waals surface area contributed by atoms with Crippen LogP contribution in [0.2, 0.25) is 0 Å². The Kier molecular flexibility index (Phi) is 5.07. The highest BCUT2D eigenvalue weighted by Gasteiger charge is 2.38. The minimum Gasteiger partial charge on any atom is -0.258 e. The summed E-state index contributed by atoms with van der Waals surface area (Å²) in [4.78, 5) is 10.3. The molecule has 0 heterocycles. The van der Waals surface area contributed by atoms with E-state index in [1.54, 1.807) is 48.5 Å². The molecule has 136 valence electrons. The molecule has 0 N–H and O–H groups in total. The maximum Gasteiger partial charge on any atom is 0.417 e. The molecule has 27 heavy (non-hydrogen) atoms. The third kappa shape index (κ3) is 4.06. The third-order valence-electron chi connectivity index (χ3n) is 4.03. The lowest BCUT2D eigenvalue weighted by Gasteiger charge is -2.19. The first-order valence-electron chi connectivity index (χ1n) is 8.05. The van der Waals surface area contributed by atoms with E-state index in [2.05, 4.69) is 0 Å². The van der Waals surface area contributed by atoms with Crippen LogP contribution in [-0.2, 0) is 0 Å². The number of benzene rings is 3. The zero-order valence-electron chi connectivity index (χ0n) is 14.0. The van der Waals surface area contributed by atoms with Crippen molar-refractivity contribution in [2.75, 3.05) is 0 Å². The molecular formula is C21H14F3NO2. The topological polar surface area (TPSA) is 43.1 Å². The Balaban J connectivity index is 2.34. The van der Waals surface area contributed by atoms with Gasteiger partial charge in [-0.05, 0) is 28.8 Å². The normalized spacial score (nSPS) is 12.4. The van der Waals surface area contributed by atoms with Crippen LogP contribution in [-0.4, -0.2) is 11.1 Å². The number of nitro groups is 1. The Morgan fingerprint density at radius 2 is 1.15 bits per heavy atom. The number of non-ortho nitro benzene ring substituents is 1. The third-order valence-corrected chi connectivity index (χ3v) is 4.03. The molecule has 0 unspecified atom stereocenters. The van der Waals surface area contributed by atoms with Crippen LogP contribution in [0.3, 0.4) is 0 Å². The minimum absolute atomic E-state index is 0.0239. The van der Waals surface area contributed by atoms with Crippen LogP contribution in [0, 0.1) is 10.1 Å². The van der Waals surface area contributed by atoms with E-state index < -0.39 is 16.7 Å². The first kappa shape index (κ1) is 18.4. The number of allylic oxidation sites excluding steroid dienone is 1. The molecule has 0 spiro atoms. The lowest BCUT2D eigenvalue weighted by Crippen LogP contribution is -2.14. The maximum atomic E-state index is 14.1. The first-order valence-corrected chi connectivity index (χ1v) is 8.05. The van der Waals surface area contributed by atoms with Gasteiger partial charge in [-0.1, -0.05) is 60.7 Å². The van der Waals surface area contributed by atoms with Gasteiger partial charge in [0, 0.05) is 17.7 Å². The van der Waals surface area contributed by atoms with E-state index in [4.69, 9.17) is 0 Å². The van der Waals surface area contributed by atoms with E-state index in [0.29, 0.717) is 5.56 Å². The predicted molar refractivity (Wildman–Crippen MR) is 98.0 cm³/mol. The summed E-state index contributed by atoms with van der Waals surface area (Å²) >= 11 is 0. The van der Waals surface area contributed by atoms with Crippen molar-refractivity contribution >= 4 is 16.8 Å². The summed E-state index contributed by atoms with van der Waals surface area (Å²) in [6.45, 7) is 0. The van der Waals surface area contributed by atoms with E-state index in [0.717, 1.165) is 0 Å². The fourth-order valence-corrected chi connectivity index (χ4v) is 2.86. The Labute approximate surface area is 153 Å². The Bertz CT molecular complexity index is 964. The predicted octanol–water partition coefficient (Wildman–Crippen LogP) is 6.12. The van der Waals surface area contributed by atoms with E-state index in [1.807, 2.05) is 0 Å². The molecule has 3 aromatic carbocycles. The molecule has 0 aliphatic rings. The Morgan fingerprint density at radius 3 is 1.59 bits per heavy atom. The molecule has 0 saturated heterocycles. The highest BCUT2D eigenvalue weighted by atomic mass is 19.4. The molecule has 0 aliphatic heterocycles. The molecule has 0 bridgehead atoms. The molecule has 3 rings (SSSR count). The highest BCUT2D eigenvalue weighted by Crippen LogP contribution is 2.42. The summed E-state index contributed by atoms with van der Waals surface area (Å²) in [6, 6.07) is 20.8. The molecule has 0 atom stereocenters. The van der Waals surface area contributed by atoms with Crippen LogP contribution in [0.25, 0.3) is 11.1 Å². The molecule has 6 heteroatoms. The SMILES string of the molecule is O=[N+]([O-])c1ccc(/C(=C(\c2ccccc2)C(F)(F)F)c2ccccc2)cc1. The summed E-state index contributed by atoms with van der Waals surface area (Å²) in [7, 11) is 0. The second-order valence-corrected chi connectivity index (χ2v) is 5.78. The van der Waals surface area contributed by atoms with Gasteiger partial charge in [-0.2, -0.15) is 13.2 Å². The summed E-state index contributed by atoms with van der Waals surface area (Å²) in [5.74, 6) is 0. The molecular weight excluding hydrogens is 355 g/mol. The van der Waals surface area contributed by atoms with Crippen LogP contribution in [0.4, 0.5) is 18.9 Å². The van der Waals surface area contributed by atoms with Crippen LogP contribution in [0.15, 0.2) is 84.9 Å². The molecule has 0 radical (unpaired) electrons. The van der Waals surface area contributed by atoms with Gasteiger partial charge >= 0.3 is 6.18 Å². The lowest BCUT2D eigenvalue weighted by molar-refractivity contribution is -0.384. The second kappa shape index (κ2) is 7.45. The smallest absolute Gasteiger partial charge is 0.258 e. The average Bonchev–Trinajstić information content (AvgIpc) is 2.66.